The summed E-state index contributed by atoms with van der Waals surface area (Å²) in [4.78, 5) is 10.7. The van der Waals surface area contributed by atoms with Gasteiger partial charge < -0.3 is 14.6 Å². The highest BCUT2D eigenvalue weighted by Crippen LogP contribution is 2.21. The lowest BCUT2D eigenvalue weighted by Crippen LogP contribution is -2.34. The predicted octanol–water partition coefficient (Wildman–Crippen LogP) is 1.07. The van der Waals surface area contributed by atoms with E-state index >= 15 is 0 Å². The lowest BCUT2D eigenvalue weighted by Gasteiger charge is -2.26. The van der Waals surface area contributed by atoms with Gasteiger partial charge in [0.05, 0.1) is 13.2 Å². The lowest BCUT2D eigenvalue weighted by atomic mass is 9.95. The Kier molecular flexibility index (Phi) is 3.34. The molecule has 0 aromatic heterocycles. The molecule has 2 atom stereocenters. The molecule has 1 N–H and O–H groups in total. The van der Waals surface area contributed by atoms with Crippen LogP contribution in [0.5, 0.6) is 0 Å². The highest BCUT2D eigenvalue weighted by Gasteiger charge is 2.26. The summed E-state index contributed by atoms with van der Waals surface area (Å²) in [6.45, 7) is 0. The van der Waals surface area contributed by atoms with E-state index in [1.165, 1.54) is 7.11 Å². The zero-order valence-corrected chi connectivity index (χ0v) is 7.16. The van der Waals surface area contributed by atoms with Crippen molar-refractivity contribution in [3.05, 3.63) is 0 Å². The Balaban J connectivity index is 2.33. The topological polar surface area (TPSA) is 55.8 Å². The van der Waals surface area contributed by atoms with Crippen LogP contribution in [0, 0.1) is 0 Å². The van der Waals surface area contributed by atoms with Gasteiger partial charge in [-0.25, -0.2) is 4.79 Å². The van der Waals surface area contributed by atoms with E-state index in [1.807, 2.05) is 0 Å². The largest absolute Gasteiger partial charge is 0.508 e. The number of hydrogen-bond donors (Lipinski definition) is 1. The molecule has 0 bridgehead atoms. The van der Waals surface area contributed by atoms with Gasteiger partial charge in [-0.1, -0.05) is 6.42 Å². The van der Waals surface area contributed by atoms with E-state index in [2.05, 4.69) is 4.74 Å². The molecular formula is C8H14O4. The van der Waals surface area contributed by atoms with Crippen LogP contribution in [0.15, 0.2) is 0 Å². The number of methoxy groups -OCH3 is 1. The van der Waals surface area contributed by atoms with Crippen molar-refractivity contribution >= 4 is 6.16 Å². The van der Waals surface area contributed by atoms with Crippen molar-refractivity contribution in [2.45, 2.75) is 37.9 Å². The molecule has 0 spiro atoms. The fourth-order valence-electron chi connectivity index (χ4n) is 1.39. The van der Waals surface area contributed by atoms with Crippen molar-refractivity contribution < 1.29 is 19.4 Å². The van der Waals surface area contributed by atoms with Crippen molar-refractivity contribution in [2.75, 3.05) is 7.11 Å². The van der Waals surface area contributed by atoms with Gasteiger partial charge in [-0.15, -0.1) is 0 Å². The normalized spacial score (nSPS) is 29.5. The molecule has 1 saturated carbocycles. The predicted molar refractivity (Wildman–Crippen MR) is 41.8 cm³/mol. The average molecular weight is 174 g/mol. The summed E-state index contributed by atoms with van der Waals surface area (Å²) in [5.41, 5.74) is 0. The maximum absolute atomic E-state index is 10.7. The first kappa shape index (κ1) is 9.32. The summed E-state index contributed by atoms with van der Waals surface area (Å²) >= 11 is 0. The van der Waals surface area contributed by atoms with Gasteiger partial charge in [0.2, 0.25) is 0 Å². The SMILES string of the molecule is COC(=O)OC1CCCCC1O. The first-order valence-electron chi connectivity index (χ1n) is 4.16. The molecule has 12 heavy (non-hydrogen) atoms. The van der Waals surface area contributed by atoms with E-state index in [9.17, 15) is 9.90 Å². The van der Waals surface area contributed by atoms with Crippen LogP contribution in [-0.4, -0.2) is 30.6 Å². The van der Waals surface area contributed by atoms with Crippen LogP contribution in [0.1, 0.15) is 25.7 Å². The number of aliphatic hydroxyl groups is 1. The van der Waals surface area contributed by atoms with Crippen LogP contribution in [0.2, 0.25) is 0 Å². The molecule has 1 aliphatic carbocycles. The molecule has 1 fully saturated rings. The average Bonchev–Trinajstić information content (AvgIpc) is 2.09. The van der Waals surface area contributed by atoms with Crippen molar-refractivity contribution in [2.24, 2.45) is 0 Å². The van der Waals surface area contributed by atoms with Crippen LogP contribution in [0.3, 0.4) is 0 Å². The fraction of sp³-hybridized carbons (Fsp3) is 0.875. The van der Waals surface area contributed by atoms with Gasteiger partial charge in [0.15, 0.2) is 0 Å². The van der Waals surface area contributed by atoms with E-state index < -0.39 is 12.3 Å². The van der Waals surface area contributed by atoms with Crippen molar-refractivity contribution in [1.82, 2.24) is 0 Å². The van der Waals surface area contributed by atoms with Gasteiger partial charge in [-0.05, 0) is 19.3 Å². The van der Waals surface area contributed by atoms with Crippen molar-refractivity contribution in [1.29, 1.82) is 0 Å². The van der Waals surface area contributed by atoms with Crippen molar-refractivity contribution in [3.63, 3.8) is 0 Å². The number of ether oxygens (including phenoxy) is 2. The Labute approximate surface area is 71.5 Å². The third-order valence-electron chi connectivity index (χ3n) is 2.08. The van der Waals surface area contributed by atoms with Gasteiger partial charge in [0, 0.05) is 0 Å². The third-order valence-corrected chi connectivity index (χ3v) is 2.08. The molecule has 4 heteroatoms. The van der Waals surface area contributed by atoms with Crippen LogP contribution in [0.25, 0.3) is 0 Å². The zero-order chi connectivity index (χ0) is 8.97. The first-order valence-corrected chi connectivity index (χ1v) is 4.16. The van der Waals surface area contributed by atoms with Gasteiger partial charge in [0.1, 0.15) is 6.10 Å². The minimum atomic E-state index is -0.707. The summed E-state index contributed by atoms with van der Waals surface area (Å²) in [7, 11) is 1.26. The minimum Gasteiger partial charge on any atom is -0.438 e. The highest BCUT2D eigenvalue weighted by atomic mass is 16.7. The second kappa shape index (κ2) is 4.30. The van der Waals surface area contributed by atoms with Crippen LogP contribution >= 0.6 is 0 Å². The van der Waals surface area contributed by atoms with Gasteiger partial charge in [0.25, 0.3) is 0 Å². The van der Waals surface area contributed by atoms with Crippen LogP contribution < -0.4 is 0 Å². The molecule has 1 aliphatic rings. The Hall–Kier alpha value is -0.770. The summed E-state index contributed by atoms with van der Waals surface area (Å²) in [6.07, 6.45) is 1.85. The maximum Gasteiger partial charge on any atom is 0.508 e. The smallest absolute Gasteiger partial charge is 0.438 e. The number of carbonyl (C=O) groups is 1. The maximum atomic E-state index is 10.7. The van der Waals surface area contributed by atoms with E-state index in [-0.39, 0.29) is 6.10 Å². The molecule has 2 unspecified atom stereocenters. The molecule has 70 valence electrons. The number of rotatable bonds is 1. The monoisotopic (exact) mass is 174 g/mol. The van der Waals surface area contributed by atoms with Gasteiger partial charge >= 0.3 is 6.16 Å². The summed E-state index contributed by atoms with van der Waals surface area (Å²) in [5.74, 6) is 0. The molecule has 0 aromatic carbocycles. The number of aliphatic hydroxyl groups excluding tert-OH is 1. The first-order chi connectivity index (χ1) is 5.74. The lowest BCUT2D eigenvalue weighted by molar-refractivity contribution is -0.0440. The fourth-order valence-corrected chi connectivity index (χ4v) is 1.39. The van der Waals surface area contributed by atoms with Crippen molar-refractivity contribution in [3.8, 4) is 0 Å². The van der Waals surface area contributed by atoms with E-state index in [0.29, 0.717) is 6.42 Å². The van der Waals surface area contributed by atoms with Gasteiger partial charge in [-0.2, -0.15) is 0 Å². The summed E-state index contributed by atoms with van der Waals surface area (Å²) in [5, 5.41) is 9.38. The Morgan fingerprint density at radius 2 is 2.08 bits per heavy atom. The molecule has 0 aromatic rings. The van der Waals surface area contributed by atoms with Gasteiger partial charge in [-0.3, -0.25) is 0 Å². The molecule has 1 rings (SSSR count). The Morgan fingerprint density at radius 3 is 2.67 bits per heavy atom. The molecule has 0 amide bonds. The molecule has 4 nitrogen and oxygen atoms in total. The molecule has 0 aliphatic heterocycles. The highest BCUT2D eigenvalue weighted by molar-refractivity contribution is 5.59. The molecular weight excluding hydrogens is 160 g/mol. The summed E-state index contributed by atoms with van der Waals surface area (Å²) < 4.78 is 9.17. The van der Waals surface area contributed by atoms with Crippen LogP contribution in [0.4, 0.5) is 4.79 Å². The van der Waals surface area contributed by atoms with Crippen LogP contribution in [-0.2, 0) is 9.47 Å². The standard InChI is InChI=1S/C8H14O4/c1-11-8(10)12-7-5-3-2-4-6(7)9/h6-7,9H,2-5H2,1H3. The quantitative estimate of drug-likeness (QED) is 0.604. The number of hydrogen-bond acceptors (Lipinski definition) is 4. The Morgan fingerprint density at radius 1 is 1.42 bits per heavy atom. The molecule has 0 radical (unpaired) electrons. The zero-order valence-electron chi connectivity index (χ0n) is 7.16. The Bertz CT molecular complexity index is 157. The second-order valence-corrected chi connectivity index (χ2v) is 2.96. The van der Waals surface area contributed by atoms with E-state index in [4.69, 9.17) is 4.74 Å². The van der Waals surface area contributed by atoms with E-state index in [1.54, 1.807) is 0 Å². The third kappa shape index (κ3) is 2.37. The molecule has 0 saturated heterocycles. The second-order valence-electron chi connectivity index (χ2n) is 2.96. The van der Waals surface area contributed by atoms with E-state index in [0.717, 1.165) is 19.3 Å². The number of carbonyl (C=O) groups excluding carboxylic acids is 1. The minimum absolute atomic E-state index is 0.369. The molecule has 0 heterocycles. The summed E-state index contributed by atoms with van der Waals surface area (Å²) in [6, 6.07) is 0.